The van der Waals surface area contributed by atoms with E-state index in [1.165, 1.54) is 5.56 Å². The first-order valence-electron chi connectivity index (χ1n) is 8.97. The van der Waals surface area contributed by atoms with Crippen molar-refractivity contribution in [2.24, 2.45) is 0 Å². The van der Waals surface area contributed by atoms with Crippen LogP contribution in [0.5, 0.6) is 0 Å². The number of benzene rings is 1. The van der Waals surface area contributed by atoms with Gasteiger partial charge in [0.1, 0.15) is 5.76 Å². The van der Waals surface area contributed by atoms with E-state index in [4.69, 9.17) is 4.42 Å². The Labute approximate surface area is 152 Å². The zero-order valence-corrected chi connectivity index (χ0v) is 14.5. The number of carbonyl (C=O) groups excluding carboxylic acids is 1. The maximum atomic E-state index is 12.7. The highest BCUT2D eigenvalue weighted by atomic mass is 16.4. The Morgan fingerprint density at radius 2 is 2.04 bits per heavy atom. The largest absolute Gasteiger partial charge is 0.445 e. The summed E-state index contributed by atoms with van der Waals surface area (Å²) in [7, 11) is 0. The minimum Gasteiger partial charge on any atom is -0.445 e. The second-order valence-corrected chi connectivity index (χ2v) is 6.66. The van der Waals surface area contributed by atoms with Crippen LogP contribution in [0.25, 0.3) is 0 Å². The zero-order valence-electron chi connectivity index (χ0n) is 14.5. The maximum Gasteiger partial charge on any atom is 0.255 e. The van der Waals surface area contributed by atoms with Gasteiger partial charge in [-0.15, -0.1) is 0 Å². The summed E-state index contributed by atoms with van der Waals surface area (Å²) in [5.74, 6) is 1.77. The predicted molar refractivity (Wildman–Crippen MR) is 97.9 cm³/mol. The number of hydrogen-bond acceptors (Lipinski definition) is 4. The van der Waals surface area contributed by atoms with Crippen LogP contribution >= 0.6 is 0 Å². The van der Waals surface area contributed by atoms with Crippen LogP contribution < -0.4 is 0 Å². The van der Waals surface area contributed by atoms with Gasteiger partial charge in [0.05, 0.1) is 17.7 Å². The van der Waals surface area contributed by atoms with Crippen LogP contribution in [0, 0.1) is 0 Å². The van der Waals surface area contributed by atoms with Crippen LogP contribution in [0.3, 0.4) is 0 Å². The van der Waals surface area contributed by atoms with Crippen LogP contribution in [-0.4, -0.2) is 33.9 Å². The highest BCUT2D eigenvalue weighted by molar-refractivity contribution is 5.93. The molecule has 3 heterocycles. The van der Waals surface area contributed by atoms with Crippen LogP contribution in [0.2, 0.25) is 0 Å². The summed E-state index contributed by atoms with van der Waals surface area (Å²) in [5, 5.41) is 0. The molecule has 3 aromatic rings. The summed E-state index contributed by atoms with van der Waals surface area (Å²) in [6.45, 7) is 1.40. The zero-order chi connectivity index (χ0) is 17.8. The van der Waals surface area contributed by atoms with E-state index in [0.29, 0.717) is 12.1 Å². The minimum absolute atomic E-state index is 0.0267. The third-order valence-corrected chi connectivity index (χ3v) is 4.76. The molecule has 5 nitrogen and oxygen atoms in total. The Kier molecular flexibility index (Phi) is 4.78. The molecule has 5 heteroatoms. The Hall–Kier alpha value is -2.95. The molecule has 1 aromatic carbocycles. The fourth-order valence-corrected chi connectivity index (χ4v) is 3.43. The standard InChI is InChI=1S/C21H21N3O2/c25-21(17-8-4-10-22-13-17)24-11-5-9-18(15-24)20-23-14-19(26-20)12-16-6-2-1-3-7-16/h1-4,6-8,10,13-14,18H,5,9,11-12,15H2/t18-/m1/s1. The predicted octanol–water partition coefficient (Wildman–Crippen LogP) is 3.68. The summed E-state index contributed by atoms with van der Waals surface area (Å²) in [4.78, 5) is 23.1. The van der Waals surface area contributed by atoms with Gasteiger partial charge in [-0.1, -0.05) is 30.3 Å². The lowest BCUT2D eigenvalue weighted by Crippen LogP contribution is -2.39. The van der Waals surface area contributed by atoms with Gasteiger partial charge < -0.3 is 9.32 Å². The lowest BCUT2D eigenvalue weighted by molar-refractivity contribution is 0.0697. The molecule has 4 rings (SSSR count). The third kappa shape index (κ3) is 3.67. The molecule has 1 aliphatic heterocycles. The number of pyridine rings is 1. The second kappa shape index (κ2) is 7.52. The quantitative estimate of drug-likeness (QED) is 0.722. The molecule has 2 aromatic heterocycles. The van der Waals surface area contributed by atoms with Gasteiger partial charge in [0.25, 0.3) is 5.91 Å². The van der Waals surface area contributed by atoms with Gasteiger partial charge in [-0.05, 0) is 30.5 Å². The Bertz CT molecular complexity index is 861. The normalized spacial score (nSPS) is 17.2. The van der Waals surface area contributed by atoms with Gasteiger partial charge in [0.15, 0.2) is 5.89 Å². The SMILES string of the molecule is O=C(c1cccnc1)N1CCC[C@@H](c2ncc(Cc3ccccc3)o2)C1. The van der Waals surface area contributed by atoms with E-state index >= 15 is 0 Å². The topological polar surface area (TPSA) is 59.2 Å². The van der Waals surface area contributed by atoms with Gasteiger partial charge >= 0.3 is 0 Å². The number of carbonyl (C=O) groups is 1. The van der Waals surface area contributed by atoms with E-state index in [9.17, 15) is 4.79 Å². The maximum absolute atomic E-state index is 12.7. The van der Waals surface area contributed by atoms with Gasteiger partial charge in [-0.2, -0.15) is 0 Å². The van der Waals surface area contributed by atoms with Crippen LogP contribution in [0.1, 0.15) is 46.3 Å². The molecule has 0 aliphatic carbocycles. The molecular formula is C21H21N3O2. The smallest absolute Gasteiger partial charge is 0.255 e. The van der Waals surface area contributed by atoms with Crippen molar-refractivity contribution in [1.82, 2.24) is 14.9 Å². The van der Waals surface area contributed by atoms with Crippen LogP contribution in [-0.2, 0) is 6.42 Å². The van der Waals surface area contributed by atoms with E-state index in [1.807, 2.05) is 35.4 Å². The van der Waals surface area contributed by atoms with Crippen molar-refractivity contribution in [3.63, 3.8) is 0 Å². The summed E-state index contributed by atoms with van der Waals surface area (Å²) in [6.07, 6.45) is 7.78. The average Bonchev–Trinajstić information content (AvgIpc) is 3.17. The first kappa shape index (κ1) is 16.5. The molecular weight excluding hydrogens is 326 g/mol. The van der Waals surface area contributed by atoms with E-state index < -0.39 is 0 Å². The fourth-order valence-electron chi connectivity index (χ4n) is 3.43. The molecule has 0 radical (unpaired) electrons. The minimum atomic E-state index is 0.0267. The summed E-state index contributed by atoms with van der Waals surface area (Å²) >= 11 is 0. The number of rotatable bonds is 4. The monoisotopic (exact) mass is 347 g/mol. The second-order valence-electron chi connectivity index (χ2n) is 6.66. The summed E-state index contributed by atoms with van der Waals surface area (Å²) < 4.78 is 6.00. The lowest BCUT2D eigenvalue weighted by Gasteiger charge is -2.31. The van der Waals surface area contributed by atoms with Gasteiger partial charge in [-0.3, -0.25) is 9.78 Å². The van der Waals surface area contributed by atoms with Crippen LogP contribution in [0.4, 0.5) is 0 Å². The Morgan fingerprint density at radius 1 is 1.15 bits per heavy atom. The summed E-state index contributed by atoms with van der Waals surface area (Å²) in [5.41, 5.74) is 1.83. The van der Waals surface area contributed by atoms with E-state index in [-0.39, 0.29) is 11.8 Å². The number of hydrogen-bond donors (Lipinski definition) is 0. The van der Waals surface area contributed by atoms with E-state index in [1.54, 1.807) is 18.5 Å². The molecule has 0 saturated carbocycles. The highest BCUT2D eigenvalue weighted by Crippen LogP contribution is 2.28. The van der Waals surface area contributed by atoms with Gasteiger partial charge in [-0.25, -0.2) is 4.98 Å². The molecule has 1 fully saturated rings. The van der Waals surface area contributed by atoms with Crippen molar-refractivity contribution in [2.75, 3.05) is 13.1 Å². The number of oxazole rings is 1. The first-order valence-corrected chi connectivity index (χ1v) is 8.97. The van der Waals surface area contributed by atoms with Crippen molar-refractivity contribution >= 4 is 5.91 Å². The molecule has 0 N–H and O–H groups in total. The molecule has 132 valence electrons. The number of nitrogens with zero attached hydrogens (tertiary/aromatic N) is 3. The molecule has 1 saturated heterocycles. The summed E-state index contributed by atoms with van der Waals surface area (Å²) in [6, 6.07) is 13.8. The number of likely N-dealkylation sites (tertiary alicyclic amines) is 1. The first-order chi connectivity index (χ1) is 12.8. The average molecular weight is 347 g/mol. The lowest BCUT2D eigenvalue weighted by atomic mass is 9.97. The fraction of sp³-hybridized carbons (Fsp3) is 0.286. The molecule has 1 aliphatic rings. The molecule has 1 atom stereocenters. The Balaban J connectivity index is 1.44. The van der Waals surface area contributed by atoms with Gasteiger partial charge in [0, 0.05) is 31.9 Å². The Morgan fingerprint density at radius 3 is 2.85 bits per heavy atom. The highest BCUT2D eigenvalue weighted by Gasteiger charge is 2.28. The number of piperidine rings is 1. The molecule has 26 heavy (non-hydrogen) atoms. The van der Waals surface area contributed by atoms with E-state index in [0.717, 1.165) is 37.5 Å². The van der Waals surface area contributed by atoms with Gasteiger partial charge in [0.2, 0.25) is 0 Å². The molecule has 0 bridgehead atoms. The van der Waals surface area contributed by atoms with Crippen LogP contribution in [0.15, 0.2) is 65.5 Å². The van der Waals surface area contributed by atoms with Crippen molar-refractivity contribution in [3.05, 3.63) is 83.8 Å². The number of aromatic nitrogens is 2. The van der Waals surface area contributed by atoms with Crippen molar-refractivity contribution < 1.29 is 9.21 Å². The molecule has 0 unspecified atom stereocenters. The van der Waals surface area contributed by atoms with Crippen molar-refractivity contribution in [1.29, 1.82) is 0 Å². The van der Waals surface area contributed by atoms with E-state index in [2.05, 4.69) is 22.1 Å². The molecule has 1 amide bonds. The molecule has 0 spiro atoms. The third-order valence-electron chi connectivity index (χ3n) is 4.76. The number of amides is 1. The van der Waals surface area contributed by atoms with Crippen molar-refractivity contribution in [2.45, 2.75) is 25.2 Å². The van der Waals surface area contributed by atoms with Crippen molar-refractivity contribution in [3.8, 4) is 0 Å².